The monoisotopic (exact) mass is 204 g/mol. The number of allylic oxidation sites excluding steroid dienone is 3. The minimum atomic E-state index is 0.355. The van der Waals surface area contributed by atoms with Crippen molar-refractivity contribution >= 4 is 0 Å². The molecule has 0 aromatic carbocycles. The van der Waals surface area contributed by atoms with Crippen LogP contribution in [0.5, 0.6) is 0 Å². The largest absolute Gasteiger partial charge is 0.103 e. The molecule has 0 nitrogen and oxygen atoms in total. The normalized spacial score (nSPS) is 43.3. The summed E-state index contributed by atoms with van der Waals surface area (Å²) >= 11 is 0. The zero-order valence-corrected chi connectivity index (χ0v) is 10.6. The molecule has 0 spiro atoms. The Kier molecular flexibility index (Phi) is 2.37. The predicted molar refractivity (Wildman–Crippen MR) is 66.7 cm³/mol. The minimum Gasteiger partial charge on any atom is -0.103 e. The van der Waals surface area contributed by atoms with Crippen LogP contribution in [0.4, 0.5) is 0 Å². The summed E-state index contributed by atoms with van der Waals surface area (Å²) < 4.78 is 0. The van der Waals surface area contributed by atoms with Crippen molar-refractivity contribution in [1.82, 2.24) is 0 Å². The fraction of sp³-hybridized carbons (Fsp3) is 0.733. The average Bonchev–Trinajstić information content (AvgIpc) is 2.16. The molecule has 0 radical (unpaired) electrons. The van der Waals surface area contributed by atoms with E-state index in [0.29, 0.717) is 10.8 Å². The van der Waals surface area contributed by atoms with E-state index in [1.807, 2.05) is 0 Å². The first kappa shape index (κ1) is 11.0. The molecule has 1 fully saturated rings. The lowest BCUT2D eigenvalue weighted by molar-refractivity contribution is 0.0797. The zero-order chi connectivity index (χ0) is 11.3. The molecule has 2 rings (SSSR count). The van der Waals surface area contributed by atoms with Gasteiger partial charge in [0, 0.05) is 0 Å². The van der Waals surface area contributed by atoms with Crippen molar-refractivity contribution in [2.24, 2.45) is 22.7 Å². The maximum absolute atomic E-state index is 4.05. The third-order valence-corrected chi connectivity index (χ3v) is 5.02. The summed E-state index contributed by atoms with van der Waals surface area (Å²) in [5.74, 6) is 1.64. The van der Waals surface area contributed by atoms with Crippen LogP contribution >= 0.6 is 0 Å². The van der Waals surface area contributed by atoms with Crippen molar-refractivity contribution in [3.8, 4) is 0 Å². The van der Waals surface area contributed by atoms with Crippen LogP contribution < -0.4 is 0 Å². The Morgan fingerprint density at radius 1 is 1.40 bits per heavy atom. The van der Waals surface area contributed by atoms with Gasteiger partial charge in [-0.05, 0) is 48.9 Å². The Balaban J connectivity index is 2.39. The Labute approximate surface area is 94.5 Å². The number of hydrogen-bond donors (Lipinski definition) is 0. The molecule has 2 aliphatic rings. The van der Waals surface area contributed by atoms with E-state index in [1.54, 1.807) is 5.57 Å². The molecule has 0 heteroatoms. The van der Waals surface area contributed by atoms with Crippen LogP contribution in [0.2, 0.25) is 0 Å². The van der Waals surface area contributed by atoms with Crippen molar-refractivity contribution in [2.75, 3.05) is 0 Å². The van der Waals surface area contributed by atoms with Crippen LogP contribution in [0, 0.1) is 22.7 Å². The lowest BCUT2D eigenvalue weighted by atomic mass is 9.53. The topological polar surface area (TPSA) is 0 Å². The summed E-state index contributed by atoms with van der Waals surface area (Å²) in [5, 5.41) is 0. The van der Waals surface area contributed by atoms with E-state index in [9.17, 15) is 0 Å². The third-order valence-electron chi connectivity index (χ3n) is 5.02. The summed E-state index contributed by atoms with van der Waals surface area (Å²) in [7, 11) is 0. The number of fused-ring (bicyclic) bond motifs is 2. The van der Waals surface area contributed by atoms with Crippen molar-refractivity contribution in [1.29, 1.82) is 0 Å². The second-order valence-electron chi connectivity index (χ2n) is 6.44. The summed E-state index contributed by atoms with van der Waals surface area (Å²) in [4.78, 5) is 0. The molecule has 0 aromatic heterocycles. The molecule has 0 N–H and O–H groups in total. The lowest BCUT2D eigenvalue weighted by Crippen LogP contribution is -2.41. The summed E-state index contributed by atoms with van der Waals surface area (Å²) in [6.07, 6.45) is 8.78. The van der Waals surface area contributed by atoms with Gasteiger partial charge in [0.25, 0.3) is 0 Å². The standard InChI is InChI=1S/C15H24/c1-6-15(5)8-7-12-9-13(15)11(2)10-14(12,3)4/h6,10,12-13H,1,7-9H2,2-5H3. The second kappa shape index (κ2) is 3.23. The molecule has 0 aliphatic heterocycles. The maximum Gasteiger partial charge on any atom is -0.00837 e. The van der Waals surface area contributed by atoms with Gasteiger partial charge in [0.15, 0.2) is 0 Å². The molecule has 0 amide bonds. The summed E-state index contributed by atoms with van der Waals surface area (Å²) in [5.41, 5.74) is 2.37. The number of rotatable bonds is 1. The summed E-state index contributed by atoms with van der Waals surface area (Å²) in [6, 6.07) is 0. The highest BCUT2D eigenvalue weighted by Crippen LogP contribution is 2.55. The van der Waals surface area contributed by atoms with Crippen molar-refractivity contribution in [2.45, 2.75) is 47.0 Å². The van der Waals surface area contributed by atoms with Gasteiger partial charge in [0.1, 0.15) is 0 Å². The van der Waals surface area contributed by atoms with Crippen LogP contribution in [0.25, 0.3) is 0 Å². The highest BCUT2D eigenvalue weighted by atomic mass is 14.5. The molecule has 0 aromatic rings. The quantitative estimate of drug-likeness (QED) is 0.548. The van der Waals surface area contributed by atoms with Crippen molar-refractivity contribution in [3.63, 3.8) is 0 Å². The minimum absolute atomic E-state index is 0.355. The van der Waals surface area contributed by atoms with Gasteiger partial charge >= 0.3 is 0 Å². The number of hydrogen-bond acceptors (Lipinski definition) is 0. The van der Waals surface area contributed by atoms with E-state index in [2.05, 4.69) is 46.4 Å². The Morgan fingerprint density at radius 3 is 2.67 bits per heavy atom. The van der Waals surface area contributed by atoms with Gasteiger partial charge in [-0.1, -0.05) is 38.5 Å². The fourth-order valence-corrected chi connectivity index (χ4v) is 3.76. The van der Waals surface area contributed by atoms with Gasteiger partial charge in [-0.25, -0.2) is 0 Å². The first-order valence-electron chi connectivity index (χ1n) is 6.22. The smallest absolute Gasteiger partial charge is 0.00837 e. The van der Waals surface area contributed by atoms with E-state index in [4.69, 9.17) is 0 Å². The molecule has 2 bridgehead atoms. The molecule has 3 atom stereocenters. The van der Waals surface area contributed by atoms with Crippen LogP contribution in [0.1, 0.15) is 47.0 Å². The predicted octanol–water partition coefficient (Wildman–Crippen LogP) is 4.58. The third kappa shape index (κ3) is 1.58. The van der Waals surface area contributed by atoms with Gasteiger partial charge in [-0.3, -0.25) is 0 Å². The Bertz CT molecular complexity index is 308. The maximum atomic E-state index is 4.05. The molecule has 0 heterocycles. The fourth-order valence-electron chi connectivity index (χ4n) is 3.76. The molecular weight excluding hydrogens is 180 g/mol. The first-order valence-corrected chi connectivity index (χ1v) is 6.22. The molecule has 84 valence electrons. The SMILES string of the molecule is C=CC1(C)CCC2CC1C(C)=CC2(C)C. The van der Waals surface area contributed by atoms with Gasteiger partial charge < -0.3 is 0 Å². The van der Waals surface area contributed by atoms with E-state index < -0.39 is 0 Å². The van der Waals surface area contributed by atoms with E-state index in [1.165, 1.54) is 19.3 Å². The zero-order valence-electron chi connectivity index (χ0n) is 10.6. The van der Waals surface area contributed by atoms with E-state index in [-0.39, 0.29) is 0 Å². The molecule has 2 aliphatic carbocycles. The lowest BCUT2D eigenvalue weighted by Gasteiger charge is -2.51. The Hall–Kier alpha value is -0.520. The molecular formula is C15H24. The molecule has 3 unspecified atom stereocenters. The van der Waals surface area contributed by atoms with Gasteiger partial charge in [0.2, 0.25) is 0 Å². The van der Waals surface area contributed by atoms with Crippen molar-refractivity contribution in [3.05, 3.63) is 24.3 Å². The first-order chi connectivity index (χ1) is 6.89. The van der Waals surface area contributed by atoms with Gasteiger partial charge in [0.05, 0.1) is 0 Å². The van der Waals surface area contributed by atoms with Gasteiger partial charge in [-0.15, -0.1) is 6.58 Å². The average molecular weight is 204 g/mol. The molecule has 15 heavy (non-hydrogen) atoms. The van der Waals surface area contributed by atoms with E-state index in [0.717, 1.165) is 11.8 Å². The highest BCUT2D eigenvalue weighted by molar-refractivity contribution is 5.22. The van der Waals surface area contributed by atoms with E-state index >= 15 is 0 Å². The summed E-state index contributed by atoms with van der Waals surface area (Å²) in [6.45, 7) is 13.5. The van der Waals surface area contributed by atoms with Gasteiger partial charge in [-0.2, -0.15) is 0 Å². The van der Waals surface area contributed by atoms with Crippen LogP contribution in [0.3, 0.4) is 0 Å². The van der Waals surface area contributed by atoms with Crippen LogP contribution in [-0.4, -0.2) is 0 Å². The molecule has 0 saturated heterocycles. The van der Waals surface area contributed by atoms with Crippen molar-refractivity contribution < 1.29 is 0 Å². The van der Waals surface area contributed by atoms with Crippen LogP contribution in [0.15, 0.2) is 24.3 Å². The highest BCUT2D eigenvalue weighted by Gasteiger charge is 2.45. The van der Waals surface area contributed by atoms with Crippen LogP contribution in [-0.2, 0) is 0 Å². The molecule has 1 saturated carbocycles. The second-order valence-corrected chi connectivity index (χ2v) is 6.44. The Morgan fingerprint density at radius 2 is 2.07 bits per heavy atom.